The van der Waals surface area contributed by atoms with E-state index in [2.05, 4.69) is 11.9 Å². The lowest BCUT2D eigenvalue weighted by Crippen LogP contribution is -2.30. The van der Waals surface area contributed by atoms with E-state index in [1.807, 2.05) is 42.5 Å². The van der Waals surface area contributed by atoms with Crippen LogP contribution in [-0.4, -0.2) is 39.6 Å². The molecule has 1 atom stereocenters. The van der Waals surface area contributed by atoms with Gasteiger partial charge in [-0.3, -0.25) is 4.31 Å². The first-order valence-electron chi connectivity index (χ1n) is 12.2. The van der Waals surface area contributed by atoms with Crippen molar-refractivity contribution in [1.29, 1.82) is 0 Å². The third kappa shape index (κ3) is 6.57. The van der Waals surface area contributed by atoms with Crippen LogP contribution in [0.25, 0.3) is 0 Å². The standard InChI is InChI=1S/C28H33ClN2O3S/c1-30-20-9-14-25(30)11-7-8-21-34-28-15-6-5-10-23(28)22-31(26-12-3-2-4-13-26)35(32,33)27-18-16-24(29)17-19-27/h2-6,10,12-13,15-19,25H,7-9,11,14,20-22H2,1H3. The van der Waals surface area contributed by atoms with Crippen molar-refractivity contribution in [3.05, 3.63) is 89.4 Å². The summed E-state index contributed by atoms with van der Waals surface area (Å²) in [5, 5.41) is 0.494. The Morgan fingerprint density at radius 3 is 2.40 bits per heavy atom. The van der Waals surface area contributed by atoms with Gasteiger partial charge in [0.05, 0.1) is 23.7 Å². The molecule has 0 aliphatic carbocycles. The van der Waals surface area contributed by atoms with Gasteiger partial charge in [0.2, 0.25) is 0 Å². The van der Waals surface area contributed by atoms with Crippen molar-refractivity contribution in [3.63, 3.8) is 0 Å². The summed E-state index contributed by atoms with van der Waals surface area (Å²) in [5.41, 5.74) is 1.42. The average Bonchev–Trinajstić information content (AvgIpc) is 3.28. The Kier molecular flexibility index (Phi) is 8.71. The summed E-state index contributed by atoms with van der Waals surface area (Å²) < 4.78 is 34.9. The first kappa shape index (κ1) is 25.5. The number of likely N-dealkylation sites (tertiary alicyclic amines) is 1. The van der Waals surface area contributed by atoms with Crippen molar-refractivity contribution in [2.75, 3.05) is 24.5 Å². The number of sulfonamides is 1. The molecule has 1 fully saturated rings. The second-order valence-corrected chi connectivity index (χ2v) is 11.3. The molecule has 0 radical (unpaired) electrons. The summed E-state index contributed by atoms with van der Waals surface area (Å²) in [5.74, 6) is 0.720. The molecule has 0 N–H and O–H groups in total. The SMILES string of the molecule is CN1CCCC1CCCCOc1ccccc1CN(c1ccccc1)S(=O)(=O)c1ccc(Cl)cc1. The van der Waals surface area contributed by atoms with Crippen molar-refractivity contribution in [2.45, 2.75) is 49.6 Å². The van der Waals surface area contributed by atoms with Gasteiger partial charge >= 0.3 is 0 Å². The predicted octanol–water partition coefficient (Wildman–Crippen LogP) is 6.38. The number of halogens is 1. The van der Waals surface area contributed by atoms with E-state index in [1.54, 1.807) is 24.3 Å². The maximum absolute atomic E-state index is 13.6. The zero-order chi connectivity index (χ0) is 24.7. The molecule has 1 aliphatic heterocycles. The number of unbranched alkanes of at least 4 members (excludes halogenated alkanes) is 1. The molecule has 0 aromatic heterocycles. The number of para-hydroxylation sites is 2. The van der Waals surface area contributed by atoms with Gasteiger partial charge in [-0.25, -0.2) is 8.42 Å². The fraction of sp³-hybridized carbons (Fsp3) is 0.357. The van der Waals surface area contributed by atoms with Gasteiger partial charge in [-0.15, -0.1) is 0 Å². The first-order chi connectivity index (χ1) is 16.9. The summed E-state index contributed by atoms with van der Waals surface area (Å²) in [6.45, 7) is 1.98. The molecule has 186 valence electrons. The van der Waals surface area contributed by atoms with Crippen LogP contribution < -0.4 is 9.04 Å². The second kappa shape index (κ2) is 11.9. The summed E-state index contributed by atoms with van der Waals surface area (Å²) in [4.78, 5) is 2.65. The maximum Gasteiger partial charge on any atom is 0.264 e. The van der Waals surface area contributed by atoms with Crippen LogP contribution in [0.2, 0.25) is 5.02 Å². The zero-order valence-corrected chi connectivity index (χ0v) is 21.7. The Morgan fingerprint density at radius 2 is 1.69 bits per heavy atom. The minimum atomic E-state index is -3.82. The predicted molar refractivity (Wildman–Crippen MR) is 143 cm³/mol. The molecular formula is C28H33ClN2O3S. The van der Waals surface area contributed by atoms with Gasteiger partial charge in [0.1, 0.15) is 5.75 Å². The first-order valence-corrected chi connectivity index (χ1v) is 14.0. The van der Waals surface area contributed by atoms with E-state index >= 15 is 0 Å². The smallest absolute Gasteiger partial charge is 0.264 e. The average molecular weight is 513 g/mol. The molecule has 0 amide bonds. The lowest BCUT2D eigenvalue weighted by Gasteiger charge is -2.26. The summed E-state index contributed by atoms with van der Waals surface area (Å²) >= 11 is 6.00. The van der Waals surface area contributed by atoms with Gasteiger partial charge < -0.3 is 9.64 Å². The lowest BCUT2D eigenvalue weighted by atomic mass is 10.1. The third-order valence-corrected chi connectivity index (χ3v) is 8.63. The number of nitrogens with zero attached hydrogens (tertiary/aromatic N) is 2. The summed E-state index contributed by atoms with van der Waals surface area (Å²) in [7, 11) is -1.61. The number of benzene rings is 3. The summed E-state index contributed by atoms with van der Waals surface area (Å²) in [6.07, 6.45) is 5.88. The van der Waals surface area contributed by atoms with Crippen molar-refractivity contribution < 1.29 is 13.2 Å². The van der Waals surface area contributed by atoms with Crippen molar-refractivity contribution in [3.8, 4) is 5.75 Å². The van der Waals surface area contributed by atoms with Crippen LogP contribution in [0.15, 0.2) is 83.8 Å². The minimum absolute atomic E-state index is 0.165. The van der Waals surface area contributed by atoms with Gasteiger partial charge in [0, 0.05) is 16.6 Å². The zero-order valence-electron chi connectivity index (χ0n) is 20.1. The normalized spacial score (nSPS) is 16.3. The highest BCUT2D eigenvalue weighted by atomic mass is 35.5. The van der Waals surface area contributed by atoms with Gasteiger partial charge in [0.15, 0.2) is 0 Å². The van der Waals surface area contributed by atoms with Crippen LogP contribution in [0.1, 0.15) is 37.7 Å². The molecule has 1 saturated heterocycles. The van der Waals surface area contributed by atoms with Gasteiger partial charge in [-0.1, -0.05) is 48.0 Å². The Morgan fingerprint density at radius 1 is 0.971 bits per heavy atom. The van der Waals surface area contributed by atoms with E-state index in [1.165, 1.54) is 42.2 Å². The number of anilines is 1. The van der Waals surface area contributed by atoms with Crippen LogP contribution in [0.3, 0.4) is 0 Å². The van der Waals surface area contributed by atoms with Crippen LogP contribution in [0.5, 0.6) is 5.75 Å². The van der Waals surface area contributed by atoms with E-state index < -0.39 is 10.0 Å². The molecule has 1 aliphatic rings. The third-order valence-electron chi connectivity index (χ3n) is 6.59. The highest BCUT2D eigenvalue weighted by Crippen LogP contribution is 2.29. The highest BCUT2D eigenvalue weighted by molar-refractivity contribution is 7.92. The Labute approximate surface area is 214 Å². The van der Waals surface area contributed by atoms with Gasteiger partial charge in [-0.05, 0) is 88.2 Å². The molecule has 3 aromatic carbocycles. The van der Waals surface area contributed by atoms with Gasteiger partial charge in [-0.2, -0.15) is 0 Å². The molecule has 0 saturated carbocycles. The lowest BCUT2D eigenvalue weighted by molar-refractivity contribution is 0.268. The molecule has 3 aromatic rings. The molecule has 4 rings (SSSR count). The van der Waals surface area contributed by atoms with E-state index in [4.69, 9.17) is 16.3 Å². The molecule has 7 heteroatoms. The highest BCUT2D eigenvalue weighted by Gasteiger charge is 2.26. The molecule has 1 heterocycles. The largest absolute Gasteiger partial charge is 0.493 e. The Hall–Kier alpha value is -2.54. The number of ether oxygens (including phenoxy) is 1. The van der Waals surface area contributed by atoms with Crippen molar-refractivity contribution >= 4 is 27.3 Å². The minimum Gasteiger partial charge on any atom is -0.493 e. The molecule has 35 heavy (non-hydrogen) atoms. The van der Waals surface area contributed by atoms with Crippen LogP contribution in [0.4, 0.5) is 5.69 Å². The Balaban J connectivity index is 1.48. The molecule has 5 nitrogen and oxygen atoms in total. The fourth-order valence-electron chi connectivity index (χ4n) is 4.58. The second-order valence-electron chi connectivity index (χ2n) is 9.03. The number of rotatable bonds is 11. The van der Waals surface area contributed by atoms with Crippen LogP contribution in [-0.2, 0) is 16.6 Å². The molecule has 0 bridgehead atoms. The van der Waals surface area contributed by atoms with Gasteiger partial charge in [0.25, 0.3) is 10.0 Å². The maximum atomic E-state index is 13.6. The van der Waals surface area contributed by atoms with Crippen molar-refractivity contribution in [1.82, 2.24) is 4.90 Å². The van der Waals surface area contributed by atoms with Crippen LogP contribution in [0, 0.1) is 0 Å². The summed E-state index contributed by atoms with van der Waals surface area (Å²) in [6, 6.07) is 23.8. The monoisotopic (exact) mass is 512 g/mol. The van der Waals surface area contributed by atoms with E-state index in [-0.39, 0.29) is 11.4 Å². The van der Waals surface area contributed by atoms with Crippen molar-refractivity contribution in [2.24, 2.45) is 0 Å². The molecular weight excluding hydrogens is 480 g/mol. The molecule has 1 unspecified atom stereocenters. The van der Waals surface area contributed by atoms with Crippen LogP contribution >= 0.6 is 11.6 Å². The quantitative estimate of drug-likeness (QED) is 0.280. The topological polar surface area (TPSA) is 49.9 Å². The fourth-order valence-corrected chi connectivity index (χ4v) is 6.15. The van der Waals surface area contributed by atoms with E-state index in [0.717, 1.165) is 24.2 Å². The molecule has 0 spiro atoms. The number of hydrogen-bond donors (Lipinski definition) is 0. The van der Waals surface area contributed by atoms with E-state index in [0.29, 0.717) is 23.4 Å². The Bertz CT molecular complexity index is 1190. The van der Waals surface area contributed by atoms with E-state index in [9.17, 15) is 8.42 Å². The number of hydrogen-bond acceptors (Lipinski definition) is 4.